The molecule has 208 valence electrons. The van der Waals surface area contributed by atoms with Crippen LogP contribution in [0.3, 0.4) is 0 Å². The van der Waals surface area contributed by atoms with Crippen molar-refractivity contribution in [3.63, 3.8) is 0 Å². The number of rotatable bonds is 12. The van der Waals surface area contributed by atoms with Crippen molar-refractivity contribution >= 4 is 27.5 Å². The zero-order chi connectivity index (χ0) is 28.6. The number of carbonyl (C=O) groups is 2. The Morgan fingerprint density at radius 2 is 1.51 bits per heavy atom. The lowest BCUT2D eigenvalue weighted by Gasteiger charge is -2.32. The maximum absolute atomic E-state index is 13.8. The van der Waals surface area contributed by atoms with Gasteiger partial charge in [-0.2, -0.15) is 0 Å². The lowest BCUT2D eigenvalue weighted by atomic mass is 10.1. The van der Waals surface area contributed by atoms with Crippen LogP contribution in [0.2, 0.25) is 0 Å². The van der Waals surface area contributed by atoms with Gasteiger partial charge >= 0.3 is 0 Å². The van der Waals surface area contributed by atoms with Crippen molar-refractivity contribution in [2.45, 2.75) is 45.1 Å². The number of halogens is 1. The predicted octanol–water partition coefficient (Wildman–Crippen LogP) is 4.56. The second-order valence-electron chi connectivity index (χ2n) is 9.94. The summed E-state index contributed by atoms with van der Waals surface area (Å²) in [5.74, 6) is -1.18. The molecule has 0 unspecified atom stereocenters. The average molecular weight is 554 g/mol. The molecule has 2 amide bonds. The quantitative estimate of drug-likeness (QED) is 0.356. The largest absolute Gasteiger partial charge is 0.354 e. The zero-order valence-electron chi connectivity index (χ0n) is 22.8. The minimum Gasteiger partial charge on any atom is -0.354 e. The van der Waals surface area contributed by atoms with E-state index in [0.717, 1.165) is 27.6 Å². The van der Waals surface area contributed by atoms with E-state index in [2.05, 4.69) is 5.32 Å². The van der Waals surface area contributed by atoms with Crippen LogP contribution in [-0.4, -0.2) is 50.8 Å². The highest BCUT2D eigenvalue weighted by Gasteiger charge is 2.32. The lowest BCUT2D eigenvalue weighted by Crippen LogP contribution is -2.52. The van der Waals surface area contributed by atoms with E-state index in [1.165, 1.54) is 17.0 Å². The second-order valence-corrected chi connectivity index (χ2v) is 11.8. The molecule has 3 rings (SSSR count). The fraction of sp³-hybridized carbons (Fsp3) is 0.333. The maximum atomic E-state index is 13.8. The summed E-state index contributed by atoms with van der Waals surface area (Å²) in [6.45, 7) is 7.61. The van der Waals surface area contributed by atoms with Gasteiger partial charge in [-0.05, 0) is 68.1 Å². The SMILES string of the molecule is Cc1ccc(N(CC(=O)N(CCc2ccccc2)[C@H](C)C(=O)NCC(C)C)S(=O)(=O)c2ccc(F)cc2)cc1. The second kappa shape index (κ2) is 13.4. The molecule has 0 bridgehead atoms. The third-order valence-corrected chi connectivity index (χ3v) is 8.13. The summed E-state index contributed by atoms with van der Waals surface area (Å²) in [5, 5.41) is 2.87. The molecule has 39 heavy (non-hydrogen) atoms. The van der Waals surface area contributed by atoms with Crippen molar-refractivity contribution in [3.8, 4) is 0 Å². The number of nitrogens with zero attached hydrogens (tertiary/aromatic N) is 2. The number of benzene rings is 3. The Balaban J connectivity index is 1.95. The number of amides is 2. The molecule has 0 aliphatic heterocycles. The van der Waals surface area contributed by atoms with Crippen molar-refractivity contribution in [2.75, 3.05) is 23.9 Å². The normalized spacial score (nSPS) is 12.2. The molecule has 9 heteroatoms. The fourth-order valence-corrected chi connectivity index (χ4v) is 5.41. The number of hydrogen-bond acceptors (Lipinski definition) is 4. The van der Waals surface area contributed by atoms with Gasteiger partial charge in [0.15, 0.2) is 0 Å². The first kappa shape index (κ1) is 29.8. The molecule has 7 nitrogen and oxygen atoms in total. The number of anilines is 1. The monoisotopic (exact) mass is 553 g/mol. The Morgan fingerprint density at radius 1 is 0.897 bits per heavy atom. The maximum Gasteiger partial charge on any atom is 0.264 e. The van der Waals surface area contributed by atoms with E-state index >= 15 is 0 Å². The molecule has 1 N–H and O–H groups in total. The van der Waals surface area contributed by atoms with Gasteiger partial charge in [0.2, 0.25) is 11.8 Å². The van der Waals surface area contributed by atoms with E-state index in [1.807, 2.05) is 51.1 Å². The average Bonchev–Trinajstić information content (AvgIpc) is 2.91. The minimum atomic E-state index is -4.23. The van der Waals surface area contributed by atoms with E-state index in [-0.39, 0.29) is 29.0 Å². The molecular formula is C30H36FN3O4S. The van der Waals surface area contributed by atoms with Crippen molar-refractivity contribution in [2.24, 2.45) is 5.92 Å². The minimum absolute atomic E-state index is 0.143. The van der Waals surface area contributed by atoms with Gasteiger partial charge in [0, 0.05) is 13.1 Å². The standard InChI is InChI=1S/C30H36FN3O4S/c1-22(2)20-32-30(36)24(4)33(19-18-25-8-6-5-7-9-25)29(35)21-34(27-14-10-23(3)11-15-27)39(37,38)28-16-12-26(31)13-17-28/h5-17,22,24H,18-21H2,1-4H3,(H,32,36)/t24-/m1/s1. The Kier molecular flexibility index (Phi) is 10.2. The molecular weight excluding hydrogens is 517 g/mol. The van der Waals surface area contributed by atoms with Crippen LogP contribution < -0.4 is 9.62 Å². The summed E-state index contributed by atoms with van der Waals surface area (Å²) in [7, 11) is -4.23. The highest BCUT2D eigenvalue weighted by Crippen LogP contribution is 2.25. The van der Waals surface area contributed by atoms with Crippen LogP contribution in [0.4, 0.5) is 10.1 Å². The molecule has 0 aromatic heterocycles. The lowest BCUT2D eigenvalue weighted by molar-refractivity contribution is -0.138. The van der Waals surface area contributed by atoms with Crippen LogP contribution in [0.25, 0.3) is 0 Å². The molecule has 0 heterocycles. The van der Waals surface area contributed by atoms with Gasteiger partial charge in [-0.25, -0.2) is 12.8 Å². The van der Waals surface area contributed by atoms with Crippen LogP contribution in [0.5, 0.6) is 0 Å². The van der Waals surface area contributed by atoms with Gasteiger partial charge in [-0.1, -0.05) is 61.9 Å². The molecule has 0 aliphatic carbocycles. The molecule has 0 spiro atoms. The number of hydrogen-bond donors (Lipinski definition) is 1. The van der Waals surface area contributed by atoms with Gasteiger partial charge in [-0.15, -0.1) is 0 Å². The smallest absolute Gasteiger partial charge is 0.264 e. The highest BCUT2D eigenvalue weighted by molar-refractivity contribution is 7.92. The molecule has 0 fully saturated rings. The van der Waals surface area contributed by atoms with Gasteiger partial charge in [0.1, 0.15) is 18.4 Å². The number of nitrogens with one attached hydrogen (secondary N) is 1. The van der Waals surface area contributed by atoms with E-state index in [4.69, 9.17) is 0 Å². The predicted molar refractivity (Wildman–Crippen MR) is 151 cm³/mol. The van der Waals surface area contributed by atoms with Crippen molar-refractivity contribution in [3.05, 3.63) is 95.8 Å². The molecule has 0 saturated carbocycles. The van der Waals surface area contributed by atoms with Crippen LogP contribution in [-0.2, 0) is 26.0 Å². The van der Waals surface area contributed by atoms with Crippen LogP contribution >= 0.6 is 0 Å². The van der Waals surface area contributed by atoms with Crippen LogP contribution in [0.1, 0.15) is 31.9 Å². The summed E-state index contributed by atoms with van der Waals surface area (Å²) in [6, 6.07) is 20.0. The van der Waals surface area contributed by atoms with E-state index in [1.54, 1.807) is 31.2 Å². The van der Waals surface area contributed by atoms with Crippen LogP contribution in [0, 0.1) is 18.7 Å². The first-order valence-corrected chi connectivity index (χ1v) is 14.4. The Labute approximate surface area is 230 Å². The zero-order valence-corrected chi connectivity index (χ0v) is 23.6. The third kappa shape index (κ3) is 8.13. The van der Waals surface area contributed by atoms with E-state index in [9.17, 15) is 22.4 Å². The Morgan fingerprint density at radius 3 is 2.10 bits per heavy atom. The number of carbonyl (C=O) groups excluding carboxylic acids is 2. The summed E-state index contributed by atoms with van der Waals surface area (Å²) in [6.07, 6.45) is 0.490. The molecule has 0 radical (unpaired) electrons. The van der Waals surface area contributed by atoms with Crippen molar-refractivity contribution < 1.29 is 22.4 Å². The Bertz CT molecular complexity index is 1350. The third-order valence-electron chi connectivity index (χ3n) is 6.34. The van der Waals surface area contributed by atoms with Crippen molar-refractivity contribution in [1.82, 2.24) is 10.2 Å². The molecule has 3 aromatic rings. The number of sulfonamides is 1. The summed E-state index contributed by atoms with van der Waals surface area (Å²) >= 11 is 0. The van der Waals surface area contributed by atoms with Crippen molar-refractivity contribution in [1.29, 1.82) is 0 Å². The first-order valence-electron chi connectivity index (χ1n) is 12.9. The first-order chi connectivity index (χ1) is 18.5. The topological polar surface area (TPSA) is 86.8 Å². The van der Waals surface area contributed by atoms with Gasteiger partial charge in [-0.3, -0.25) is 13.9 Å². The van der Waals surface area contributed by atoms with Gasteiger partial charge < -0.3 is 10.2 Å². The molecule has 3 aromatic carbocycles. The Hall–Kier alpha value is -3.72. The summed E-state index contributed by atoms with van der Waals surface area (Å²) in [4.78, 5) is 28.1. The van der Waals surface area contributed by atoms with Gasteiger partial charge in [0.05, 0.1) is 10.6 Å². The fourth-order valence-electron chi connectivity index (χ4n) is 4.00. The number of aryl methyl sites for hydroxylation is 1. The molecule has 0 saturated heterocycles. The summed E-state index contributed by atoms with van der Waals surface area (Å²) in [5.41, 5.74) is 2.20. The molecule has 0 aliphatic rings. The molecule has 1 atom stereocenters. The summed E-state index contributed by atoms with van der Waals surface area (Å²) < 4.78 is 42.0. The van der Waals surface area contributed by atoms with E-state index in [0.29, 0.717) is 13.0 Å². The highest BCUT2D eigenvalue weighted by atomic mass is 32.2. The van der Waals surface area contributed by atoms with Gasteiger partial charge in [0.25, 0.3) is 10.0 Å². The van der Waals surface area contributed by atoms with Crippen LogP contribution in [0.15, 0.2) is 83.8 Å². The van der Waals surface area contributed by atoms with E-state index < -0.39 is 34.3 Å².